The predicted molar refractivity (Wildman–Crippen MR) is 133 cm³/mol. The zero-order valence-corrected chi connectivity index (χ0v) is 20.2. The van der Waals surface area contributed by atoms with Gasteiger partial charge in [-0.05, 0) is 44.4 Å². The molecule has 0 saturated carbocycles. The summed E-state index contributed by atoms with van der Waals surface area (Å²) in [4.78, 5) is 19.5. The van der Waals surface area contributed by atoms with Gasteiger partial charge in [0.25, 0.3) is 0 Å². The Hall–Kier alpha value is -2.64. The molecule has 1 aromatic heterocycles. The van der Waals surface area contributed by atoms with Crippen molar-refractivity contribution in [2.45, 2.75) is 39.0 Å². The van der Waals surface area contributed by atoms with Gasteiger partial charge in [-0.15, -0.1) is 0 Å². The Bertz CT molecular complexity index is 1070. The molecule has 1 fully saturated rings. The van der Waals surface area contributed by atoms with Crippen LogP contribution in [0.5, 0.6) is 0 Å². The summed E-state index contributed by atoms with van der Waals surface area (Å²) in [6.45, 7) is 7.11. The van der Waals surface area contributed by atoms with Gasteiger partial charge in [0.2, 0.25) is 17.6 Å². The number of likely N-dealkylation sites (tertiary alicyclic amines) is 1. The number of carbonyl (C=O) groups is 1. The van der Waals surface area contributed by atoms with Gasteiger partial charge in [-0.1, -0.05) is 59.3 Å². The molecule has 1 amide bonds. The lowest BCUT2D eigenvalue weighted by molar-refractivity contribution is -0.126. The molecule has 0 radical (unpaired) electrons. The van der Waals surface area contributed by atoms with E-state index in [4.69, 9.17) is 4.52 Å². The van der Waals surface area contributed by atoms with Crippen LogP contribution in [0.15, 0.2) is 53.1 Å². The molecule has 2 aromatic carbocycles. The second-order valence-electron chi connectivity index (χ2n) is 8.73. The van der Waals surface area contributed by atoms with Crippen molar-refractivity contribution < 1.29 is 9.32 Å². The lowest BCUT2D eigenvalue weighted by Crippen LogP contribution is -2.43. The van der Waals surface area contributed by atoms with Gasteiger partial charge in [-0.25, -0.2) is 0 Å². The maximum atomic E-state index is 12.7. The molecule has 4 rings (SSSR count). The molecule has 3 aromatic rings. The van der Waals surface area contributed by atoms with Crippen molar-refractivity contribution in [2.75, 3.05) is 25.4 Å². The Balaban J connectivity index is 1.20. The standard InChI is InChI=1S/C26H32N4O2S/c1-19-7-5-9-21(15-19)18-33-14-12-27-26(31)22-10-6-13-30(16-22)17-24-28-25(29-32-24)23-11-4-3-8-20(23)2/h3-5,7-9,11,15,22H,6,10,12-14,16-18H2,1-2H3,(H,27,31). The maximum Gasteiger partial charge on any atom is 0.241 e. The van der Waals surface area contributed by atoms with E-state index in [9.17, 15) is 4.79 Å². The molecular weight excluding hydrogens is 432 g/mol. The zero-order valence-electron chi connectivity index (χ0n) is 19.4. The SMILES string of the molecule is Cc1cccc(CSCCNC(=O)C2CCCN(Cc3nc(-c4ccccc4C)no3)C2)c1. The van der Waals surface area contributed by atoms with Crippen LogP contribution in [0.2, 0.25) is 0 Å². The smallest absolute Gasteiger partial charge is 0.241 e. The van der Waals surface area contributed by atoms with Gasteiger partial charge in [0, 0.05) is 30.2 Å². The third-order valence-corrected chi connectivity index (χ3v) is 7.02. The molecule has 2 heterocycles. The molecule has 0 spiro atoms. The number of carbonyl (C=O) groups excluding carboxylic acids is 1. The topological polar surface area (TPSA) is 71.3 Å². The minimum absolute atomic E-state index is 0.0132. The number of thioether (sulfide) groups is 1. The van der Waals surface area contributed by atoms with Crippen LogP contribution in [-0.4, -0.2) is 46.3 Å². The summed E-state index contributed by atoms with van der Waals surface area (Å²) in [7, 11) is 0. The van der Waals surface area contributed by atoms with Gasteiger partial charge in [0.1, 0.15) is 0 Å². The summed E-state index contributed by atoms with van der Waals surface area (Å²) < 4.78 is 5.50. The molecule has 1 atom stereocenters. The van der Waals surface area contributed by atoms with Crippen LogP contribution in [-0.2, 0) is 17.1 Å². The van der Waals surface area contributed by atoms with Gasteiger partial charge < -0.3 is 9.84 Å². The number of benzene rings is 2. The minimum Gasteiger partial charge on any atom is -0.355 e. The summed E-state index contributed by atoms with van der Waals surface area (Å²) >= 11 is 1.85. The van der Waals surface area contributed by atoms with Gasteiger partial charge in [0.15, 0.2) is 0 Å². The molecule has 0 aliphatic carbocycles. The summed E-state index contributed by atoms with van der Waals surface area (Å²) in [5, 5.41) is 7.29. The van der Waals surface area contributed by atoms with Crippen molar-refractivity contribution in [3.63, 3.8) is 0 Å². The number of nitrogens with one attached hydrogen (secondary N) is 1. The first-order chi connectivity index (χ1) is 16.1. The largest absolute Gasteiger partial charge is 0.355 e. The number of piperidine rings is 1. The average molecular weight is 465 g/mol. The Morgan fingerprint density at radius 3 is 2.94 bits per heavy atom. The number of aromatic nitrogens is 2. The highest BCUT2D eigenvalue weighted by Crippen LogP contribution is 2.22. The maximum absolute atomic E-state index is 12.7. The van der Waals surface area contributed by atoms with E-state index in [1.807, 2.05) is 43.0 Å². The zero-order chi connectivity index (χ0) is 23.0. The molecule has 1 N–H and O–H groups in total. The Labute approximate surface area is 200 Å². The summed E-state index contributed by atoms with van der Waals surface area (Å²) in [6, 6.07) is 16.6. The molecule has 33 heavy (non-hydrogen) atoms. The van der Waals surface area contributed by atoms with E-state index >= 15 is 0 Å². The second-order valence-corrected chi connectivity index (χ2v) is 9.84. The monoisotopic (exact) mass is 464 g/mol. The Kier molecular flexibility index (Phi) is 8.18. The van der Waals surface area contributed by atoms with Crippen LogP contribution < -0.4 is 5.32 Å². The van der Waals surface area contributed by atoms with Crippen LogP contribution in [0.3, 0.4) is 0 Å². The summed E-state index contributed by atoms with van der Waals surface area (Å²) in [5.74, 6) is 3.28. The fourth-order valence-electron chi connectivity index (χ4n) is 4.24. The highest BCUT2D eigenvalue weighted by atomic mass is 32.2. The predicted octanol–water partition coefficient (Wildman–Crippen LogP) is 4.62. The number of nitrogens with zero attached hydrogens (tertiary/aromatic N) is 3. The van der Waals surface area contributed by atoms with Crippen molar-refractivity contribution in [1.82, 2.24) is 20.4 Å². The molecule has 6 nitrogen and oxygen atoms in total. The minimum atomic E-state index is 0.0132. The van der Waals surface area contributed by atoms with Gasteiger partial charge in [0.05, 0.1) is 12.5 Å². The molecule has 0 bridgehead atoms. The van der Waals surface area contributed by atoms with Crippen LogP contribution >= 0.6 is 11.8 Å². The third-order valence-electron chi connectivity index (χ3n) is 5.99. The number of rotatable bonds is 9. The lowest BCUT2D eigenvalue weighted by Gasteiger charge is -2.30. The number of hydrogen-bond acceptors (Lipinski definition) is 6. The van der Waals surface area contributed by atoms with E-state index in [0.717, 1.165) is 48.6 Å². The van der Waals surface area contributed by atoms with Gasteiger partial charge in [-0.2, -0.15) is 16.7 Å². The first-order valence-corrected chi connectivity index (χ1v) is 12.8. The highest BCUT2D eigenvalue weighted by Gasteiger charge is 2.26. The molecule has 1 unspecified atom stereocenters. The normalized spacial score (nSPS) is 16.6. The van der Waals surface area contributed by atoms with Crippen molar-refractivity contribution >= 4 is 17.7 Å². The van der Waals surface area contributed by atoms with Crippen molar-refractivity contribution in [3.05, 3.63) is 71.1 Å². The van der Waals surface area contributed by atoms with Crippen molar-refractivity contribution in [3.8, 4) is 11.4 Å². The van der Waals surface area contributed by atoms with E-state index in [1.54, 1.807) is 0 Å². The first-order valence-electron chi connectivity index (χ1n) is 11.6. The van der Waals surface area contributed by atoms with Crippen molar-refractivity contribution in [1.29, 1.82) is 0 Å². The van der Waals surface area contributed by atoms with Crippen LogP contribution in [0.25, 0.3) is 11.4 Å². The van der Waals surface area contributed by atoms with Crippen LogP contribution in [0, 0.1) is 19.8 Å². The highest BCUT2D eigenvalue weighted by molar-refractivity contribution is 7.98. The van der Waals surface area contributed by atoms with Crippen LogP contribution in [0.1, 0.15) is 35.4 Å². The molecule has 1 aliphatic rings. The molecule has 7 heteroatoms. The Morgan fingerprint density at radius 1 is 1.21 bits per heavy atom. The summed E-state index contributed by atoms with van der Waals surface area (Å²) in [5.41, 5.74) is 4.73. The average Bonchev–Trinajstić information content (AvgIpc) is 3.27. The molecular formula is C26H32N4O2S. The van der Waals surface area contributed by atoms with E-state index in [1.165, 1.54) is 11.1 Å². The van der Waals surface area contributed by atoms with E-state index in [2.05, 4.69) is 51.5 Å². The van der Waals surface area contributed by atoms with E-state index in [-0.39, 0.29) is 11.8 Å². The fraction of sp³-hybridized carbons (Fsp3) is 0.423. The quantitative estimate of drug-likeness (QED) is 0.466. The molecule has 1 saturated heterocycles. The fourth-order valence-corrected chi connectivity index (χ4v) is 5.05. The third kappa shape index (κ3) is 6.68. The molecule has 1 aliphatic heterocycles. The first kappa shape index (κ1) is 23.5. The number of aryl methyl sites for hydroxylation is 2. The second kappa shape index (κ2) is 11.5. The molecule has 174 valence electrons. The van der Waals surface area contributed by atoms with E-state index < -0.39 is 0 Å². The van der Waals surface area contributed by atoms with E-state index in [0.29, 0.717) is 24.8 Å². The van der Waals surface area contributed by atoms with Crippen molar-refractivity contribution in [2.24, 2.45) is 5.92 Å². The number of hydrogen-bond donors (Lipinski definition) is 1. The van der Waals surface area contributed by atoms with Gasteiger partial charge in [-0.3, -0.25) is 9.69 Å². The summed E-state index contributed by atoms with van der Waals surface area (Å²) in [6.07, 6.45) is 1.93. The lowest BCUT2D eigenvalue weighted by atomic mass is 9.97. The number of amides is 1. The van der Waals surface area contributed by atoms with Gasteiger partial charge >= 0.3 is 0 Å². The Morgan fingerprint density at radius 2 is 2.09 bits per heavy atom. The van der Waals surface area contributed by atoms with Crippen LogP contribution in [0.4, 0.5) is 0 Å².